The van der Waals surface area contributed by atoms with Crippen LogP contribution in [-0.4, -0.2) is 60.6 Å². The summed E-state index contributed by atoms with van der Waals surface area (Å²) in [6.07, 6.45) is 0.890. The molecule has 206 valence electrons. The van der Waals surface area contributed by atoms with E-state index >= 15 is 0 Å². The number of rotatable bonds is 14. The van der Waals surface area contributed by atoms with E-state index in [2.05, 4.69) is 23.5 Å². The van der Waals surface area contributed by atoms with Crippen molar-refractivity contribution >= 4 is 22.8 Å². The minimum absolute atomic E-state index is 0.148. The minimum atomic E-state index is -0.678. The maximum absolute atomic E-state index is 13.7. The van der Waals surface area contributed by atoms with Gasteiger partial charge in [0.05, 0.1) is 12.1 Å². The zero-order chi connectivity index (χ0) is 27.4. The first kappa shape index (κ1) is 30.5. The van der Waals surface area contributed by atoms with Crippen molar-refractivity contribution in [2.45, 2.75) is 91.3 Å². The van der Waals surface area contributed by atoms with Gasteiger partial charge in [0.1, 0.15) is 5.60 Å². The SMILES string of the molecule is CCOC(OCC)[C@H](C)N(Cc1cccc2ccccc12)C(=O)[C@@H](N)CCCCNC(=O)OC(C)(C)C. The number of fused-ring (bicyclic) bond motifs is 1. The molecule has 0 aromatic heterocycles. The van der Waals surface area contributed by atoms with Gasteiger partial charge in [-0.25, -0.2) is 4.79 Å². The van der Waals surface area contributed by atoms with Crippen LogP contribution in [-0.2, 0) is 25.5 Å². The van der Waals surface area contributed by atoms with Gasteiger partial charge in [-0.2, -0.15) is 0 Å². The molecule has 0 aliphatic carbocycles. The number of alkyl carbamates (subject to hydrolysis) is 1. The molecule has 2 amide bonds. The summed E-state index contributed by atoms with van der Waals surface area (Å²) < 4.78 is 16.9. The molecule has 0 fully saturated rings. The van der Waals surface area contributed by atoms with Crippen LogP contribution in [0.25, 0.3) is 10.8 Å². The average Bonchev–Trinajstić information content (AvgIpc) is 2.85. The van der Waals surface area contributed by atoms with Crippen molar-refractivity contribution < 1.29 is 23.8 Å². The van der Waals surface area contributed by atoms with E-state index in [0.29, 0.717) is 45.6 Å². The van der Waals surface area contributed by atoms with Gasteiger partial charge in [-0.1, -0.05) is 42.5 Å². The first-order valence-electron chi connectivity index (χ1n) is 13.3. The van der Waals surface area contributed by atoms with E-state index in [4.69, 9.17) is 19.9 Å². The summed E-state index contributed by atoms with van der Waals surface area (Å²) in [5, 5.41) is 4.96. The molecule has 0 unspecified atom stereocenters. The summed E-state index contributed by atoms with van der Waals surface area (Å²) in [5.41, 5.74) is 6.91. The van der Waals surface area contributed by atoms with Crippen molar-refractivity contribution in [3.8, 4) is 0 Å². The van der Waals surface area contributed by atoms with Crippen LogP contribution in [0.3, 0.4) is 0 Å². The summed E-state index contributed by atoms with van der Waals surface area (Å²) in [7, 11) is 0. The van der Waals surface area contributed by atoms with Crippen molar-refractivity contribution in [3.05, 3.63) is 48.0 Å². The molecule has 8 nitrogen and oxygen atoms in total. The Labute approximate surface area is 221 Å². The molecular weight excluding hydrogens is 470 g/mol. The van der Waals surface area contributed by atoms with Crippen LogP contribution in [0.1, 0.15) is 66.4 Å². The van der Waals surface area contributed by atoms with Gasteiger partial charge >= 0.3 is 6.09 Å². The Bertz CT molecular complexity index is 980. The fourth-order valence-electron chi connectivity index (χ4n) is 4.17. The quantitative estimate of drug-likeness (QED) is 0.272. The second kappa shape index (κ2) is 14.9. The monoisotopic (exact) mass is 515 g/mol. The lowest BCUT2D eigenvalue weighted by atomic mass is 10.0. The van der Waals surface area contributed by atoms with Crippen LogP contribution in [0, 0.1) is 0 Å². The number of hydrogen-bond donors (Lipinski definition) is 2. The molecule has 0 aliphatic heterocycles. The predicted molar refractivity (Wildman–Crippen MR) is 147 cm³/mol. The second-order valence-electron chi connectivity index (χ2n) is 10.2. The fourth-order valence-corrected chi connectivity index (χ4v) is 4.17. The van der Waals surface area contributed by atoms with Crippen LogP contribution in [0.2, 0.25) is 0 Å². The number of benzene rings is 2. The van der Waals surface area contributed by atoms with Crippen molar-refractivity contribution in [1.82, 2.24) is 10.2 Å². The number of ether oxygens (including phenoxy) is 3. The van der Waals surface area contributed by atoms with E-state index < -0.39 is 24.0 Å². The number of carbonyl (C=O) groups excluding carboxylic acids is 2. The Hall–Kier alpha value is -2.68. The van der Waals surface area contributed by atoms with Crippen LogP contribution < -0.4 is 11.1 Å². The van der Waals surface area contributed by atoms with E-state index in [1.54, 1.807) is 4.90 Å². The first-order valence-corrected chi connectivity index (χ1v) is 13.3. The second-order valence-corrected chi connectivity index (χ2v) is 10.2. The molecule has 0 saturated heterocycles. The topological polar surface area (TPSA) is 103 Å². The van der Waals surface area contributed by atoms with Gasteiger partial charge in [0, 0.05) is 26.3 Å². The lowest BCUT2D eigenvalue weighted by molar-refractivity contribution is -0.179. The van der Waals surface area contributed by atoms with E-state index in [0.717, 1.165) is 16.3 Å². The molecule has 0 radical (unpaired) electrons. The largest absolute Gasteiger partial charge is 0.444 e. The normalized spacial score (nSPS) is 13.4. The number of unbranched alkanes of at least 4 members (excludes halogenated alkanes) is 1. The molecule has 2 atom stereocenters. The summed E-state index contributed by atoms with van der Waals surface area (Å²) >= 11 is 0. The number of nitrogens with zero attached hydrogens (tertiary/aromatic N) is 1. The zero-order valence-electron chi connectivity index (χ0n) is 23.3. The standard InChI is InChI=1S/C29H45N3O5/c1-7-35-27(36-8-2)21(3)32(20-23-16-13-15-22-14-9-10-17-24(22)23)26(33)25(30)18-11-12-19-31-28(34)37-29(4,5)6/h9-10,13-17,21,25,27H,7-8,11-12,18-20,30H2,1-6H3,(H,31,34)/t21-,25-/m0/s1. The molecule has 3 N–H and O–H groups in total. The number of nitrogens with one attached hydrogen (secondary N) is 1. The first-order chi connectivity index (χ1) is 17.6. The van der Waals surface area contributed by atoms with Crippen LogP contribution in [0.15, 0.2) is 42.5 Å². The zero-order valence-corrected chi connectivity index (χ0v) is 23.3. The number of hydrogen-bond acceptors (Lipinski definition) is 6. The molecule has 2 aromatic carbocycles. The molecule has 0 heterocycles. The Morgan fingerprint density at radius 3 is 2.30 bits per heavy atom. The van der Waals surface area contributed by atoms with Crippen molar-refractivity contribution in [1.29, 1.82) is 0 Å². The van der Waals surface area contributed by atoms with Gasteiger partial charge in [0.2, 0.25) is 5.91 Å². The highest BCUT2D eigenvalue weighted by Gasteiger charge is 2.31. The number of amides is 2. The summed E-state index contributed by atoms with van der Waals surface area (Å²) in [6, 6.07) is 13.2. The lowest BCUT2D eigenvalue weighted by Crippen LogP contribution is -2.52. The molecule has 0 saturated carbocycles. The molecule has 2 rings (SSSR count). The molecule has 0 spiro atoms. The molecule has 2 aromatic rings. The Kier molecular flexibility index (Phi) is 12.3. The highest BCUT2D eigenvalue weighted by Crippen LogP contribution is 2.23. The molecule has 0 bridgehead atoms. The summed E-state index contributed by atoms with van der Waals surface area (Å²) in [6.45, 7) is 13.0. The van der Waals surface area contributed by atoms with Gasteiger partial charge in [-0.3, -0.25) is 4.79 Å². The van der Waals surface area contributed by atoms with Gasteiger partial charge in [0.25, 0.3) is 0 Å². The van der Waals surface area contributed by atoms with Crippen LogP contribution in [0.4, 0.5) is 4.79 Å². The van der Waals surface area contributed by atoms with Crippen molar-refractivity contribution in [2.24, 2.45) is 5.73 Å². The van der Waals surface area contributed by atoms with Gasteiger partial charge < -0.3 is 30.2 Å². The summed E-state index contributed by atoms with van der Waals surface area (Å²) in [4.78, 5) is 27.3. The highest BCUT2D eigenvalue weighted by molar-refractivity contribution is 5.87. The Morgan fingerprint density at radius 2 is 1.65 bits per heavy atom. The highest BCUT2D eigenvalue weighted by atomic mass is 16.7. The van der Waals surface area contributed by atoms with Gasteiger partial charge in [-0.15, -0.1) is 0 Å². The van der Waals surface area contributed by atoms with Crippen molar-refractivity contribution in [2.75, 3.05) is 19.8 Å². The van der Waals surface area contributed by atoms with E-state index in [9.17, 15) is 9.59 Å². The maximum Gasteiger partial charge on any atom is 0.407 e. The van der Waals surface area contributed by atoms with Gasteiger partial charge in [-0.05, 0) is 77.1 Å². The smallest absolute Gasteiger partial charge is 0.407 e. The number of nitrogens with two attached hydrogens (primary N) is 1. The van der Waals surface area contributed by atoms with Crippen LogP contribution >= 0.6 is 0 Å². The Balaban J connectivity index is 2.10. The van der Waals surface area contributed by atoms with Crippen molar-refractivity contribution in [3.63, 3.8) is 0 Å². The fraction of sp³-hybridized carbons (Fsp3) is 0.586. The average molecular weight is 516 g/mol. The third-order valence-corrected chi connectivity index (χ3v) is 5.98. The maximum atomic E-state index is 13.7. The van der Waals surface area contributed by atoms with Crippen LogP contribution in [0.5, 0.6) is 0 Å². The number of carbonyl (C=O) groups is 2. The third kappa shape index (κ3) is 9.95. The predicted octanol–water partition coefficient (Wildman–Crippen LogP) is 4.98. The lowest BCUT2D eigenvalue weighted by Gasteiger charge is -2.36. The summed E-state index contributed by atoms with van der Waals surface area (Å²) in [5.74, 6) is -0.148. The van der Waals surface area contributed by atoms with Gasteiger partial charge in [0.15, 0.2) is 6.29 Å². The molecule has 37 heavy (non-hydrogen) atoms. The molecular formula is C29H45N3O5. The van der Waals surface area contributed by atoms with E-state index in [1.165, 1.54) is 0 Å². The van der Waals surface area contributed by atoms with E-state index in [-0.39, 0.29) is 11.9 Å². The van der Waals surface area contributed by atoms with E-state index in [1.807, 2.05) is 65.8 Å². The molecule has 0 aliphatic rings. The molecule has 8 heteroatoms. The third-order valence-electron chi connectivity index (χ3n) is 5.98. The Morgan fingerprint density at radius 1 is 1.00 bits per heavy atom. The minimum Gasteiger partial charge on any atom is -0.444 e.